The second-order valence-electron chi connectivity index (χ2n) is 4.84. The number of carbonyl (C=O) groups is 2. The van der Waals surface area contributed by atoms with E-state index in [0.29, 0.717) is 28.8 Å². The molecule has 2 aromatic rings. The van der Waals surface area contributed by atoms with Gasteiger partial charge in [0.25, 0.3) is 0 Å². The van der Waals surface area contributed by atoms with E-state index < -0.39 is 6.09 Å². The summed E-state index contributed by atoms with van der Waals surface area (Å²) < 4.78 is 11.9. The van der Waals surface area contributed by atoms with Crippen LogP contribution in [0.2, 0.25) is 0 Å². The second kappa shape index (κ2) is 6.43. The third kappa shape index (κ3) is 2.77. The number of benzene rings is 1. The Morgan fingerprint density at radius 1 is 1.43 bits per heavy atom. The molecule has 0 spiro atoms. The summed E-state index contributed by atoms with van der Waals surface area (Å²) in [6.45, 7) is 4.30. The van der Waals surface area contributed by atoms with Gasteiger partial charge in [0.2, 0.25) is 0 Å². The van der Waals surface area contributed by atoms with Crippen LogP contribution in [0.4, 0.5) is 4.79 Å². The molecule has 0 saturated heterocycles. The van der Waals surface area contributed by atoms with Gasteiger partial charge in [-0.1, -0.05) is 13.3 Å². The number of methoxy groups -OCH3 is 1. The van der Waals surface area contributed by atoms with Gasteiger partial charge in [-0.25, -0.2) is 4.79 Å². The number of nitrogens with zero attached hydrogens (tertiary/aromatic N) is 1. The minimum Gasteiger partial charge on any atom is -0.496 e. The fraction of sp³-hybridized carbons (Fsp3) is 0.375. The average molecular weight is 289 g/mol. The molecular weight excluding hydrogens is 270 g/mol. The number of fused-ring (bicyclic) bond motifs is 1. The van der Waals surface area contributed by atoms with Crippen molar-refractivity contribution in [1.82, 2.24) is 4.57 Å². The predicted molar refractivity (Wildman–Crippen MR) is 80.3 cm³/mol. The van der Waals surface area contributed by atoms with E-state index in [2.05, 4.69) is 0 Å². The molecule has 0 aliphatic heterocycles. The van der Waals surface area contributed by atoms with Crippen LogP contribution >= 0.6 is 0 Å². The molecule has 21 heavy (non-hydrogen) atoms. The molecule has 1 heterocycles. The lowest BCUT2D eigenvalue weighted by molar-refractivity contribution is 0.112. The second-order valence-corrected chi connectivity index (χ2v) is 4.84. The molecule has 0 bridgehead atoms. The van der Waals surface area contributed by atoms with Crippen molar-refractivity contribution in [1.29, 1.82) is 0 Å². The maximum atomic E-state index is 12.1. The van der Waals surface area contributed by atoms with E-state index in [1.807, 2.05) is 13.8 Å². The SMILES string of the molecule is CCCCOC(=O)n1ccc2c(C=O)c(OC)cc(C)c21. The van der Waals surface area contributed by atoms with Crippen LogP contribution in [-0.2, 0) is 4.74 Å². The zero-order chi connectivity index (χ0) is 15.4. The summed E-state index contributed by atoms with van der Waals surface area (Å²) in [6.07, 6.45) is 3.73. The van der Waals surface area contributed by atoms with Crippen molar-refractivity contribution in [2.75, 3.05) is 13.7 Å². The van der Waals surface area contributed by atoms with Crippen molar-refractivity contribution in [3.63, 3.8) is 0 Å². The van der Waals surface area contributed by atoms with Gasteiger partial charge in [0.1, 0.15) is 5.75 Å². The van der Waals surface area contributed by atoms with Gasteiger partial charge in [0.15, 0.2) is 6.29 Å². The standard InChI is InChI=1S/C16H19NO4/c1-4-5-8-21-16(19)17-7-6-12-13(10-18)14(20-3)9-11(2)15(12)17/h6-7,9-10H,4-5,8H2,1-3H3. The van der Waals surface area contributed by atoms with Crippen LogP contribution in [0.25, 0.3) is 10.9 Å². The van der Waals surface area contributed by atoms with Gasteiger partial charge in [-0.3, -0.25) is 9.36 Å². The maximum absolute atomic E-state index is 12.1. The molecule has 2 rings (SSSR count). The van der Waals surface area contributed by atoms with Crippen molar-refractivity contribution in [3.05, 3.63) is 29.5 Å². The number of hydrogen-bond acceptors (Lipinski definition) is 4. The van der Waals surface area contributed by atoms with Crippen molar-refractivity contribution in [2.24, 2.45) is 0 Å². The number of unbranched alkanes of at least 4 members (excludes halogenated alkanes) is 1. The Kier molecular flexibility index (Phi) is 4.62. The van der Waals surface area contributed by atoms with Gasteiger partial charge in [0, 0.05) is 11.6 Å². The molecule has 0 N–H and O–H groups in total. The van der Waals surface area contributed by atoms with E-state index in [1.54, 1.807) is 18.3 Å². The topological polar surface area (TPSA) is 57.5 Å². The minimum atomic E-state index is -0.427. The molecule has 0 unspecified atom stereocenters. The molecule has 0 atom stereocenters. The Balaban J connectivity index is 2.48. The summed E-state index contributed by atoms with van der Waals surface area (Å²) in [5.41, 5.74) is 1.97. The van der Waals surface area contributed by atoms with E-state index in [9.17, 15) is 9.59 Å². The third-order valence-corrected chi connectivity index (χ3v) is 3.42. The number of aldehydes is 1. The third-order valence-electron chi connectivity index (χ3n) is 3.42. The molecule has 0 fully saturated rings. The normalized spacial score (nSPS) is 10.6. The lowest BCUT2D eigenvalue weighted by atomic mass is 10.1. The number of rotatable bonds is 5. The highest BCUT2D eigenvalue weighted by molar-refractivity contribution is 6.03. The molecule has 0 saturated carbocycles. The lowest BCUT2D eigenvalue weighted by Crippen LogP contribution is -2.14. The quantitative estimate of drug-likeness (QED) is 0.624. The van der Waals surface area contributed by atoms with Crippen molar-refractivity contribution < 1.29 is 19.1 Å². The first-order valence-electron chi connectivity index (χ1n) is 6.95. The summed E-state index contributed by atoms with van der Waals surface area (Å²) in [5, 5.41) is 0.689. The van der Waals surface area contributed by atoms with Crippen LogP contribution in [0.1, 0.15) is 35.7 Å². The van der Waals surface area contributed by atoms with Crippen LogP contribution in [0.5, 0.6) is 5.75 Å². The molecule has 0 radical (unpaired) electrons. The number of aromatic nitrogens is 1. The molecule has 5 nitrogen and oxygen atoms in total. The number of hydrogen-bond donors (Lipinski definition) is 0. The highest BCUT2D eigenvalue weighted by Crippen LogP contribution is 2.30. The van der Waals surface area contributed by atoms with E-state index in [-0.39, 0.29) is 0 Å². The summed E-state index contributed by atoms with van der Waals surface area (Å²) in [7, 11) is 1.52. The number of ether oxygens (including phenoxy) is 2. The van der Waals surface area contributed by atoms with Crippen molar-refractivity contribution >= 4 is 23.3 Å². The highest BCUT2D eigenvalue weighted by Gasteiger charge is 2.17. The fourth-order valence-electron chi connectivity index (χ4n) is 2.34. The molecular formula is C16H19NO4. The average Bonchev–Trinajstić information content (AvgIpc) is 2.92. The molecule has 0 aliphatic carbocycles. The summed E-state index contributed by atoms with van der Waals surface area (Å²) in [5.74, 6) is 0.507. The first-order valence-corrected chi connectivity index (χ1v) is 6.95. The van der Waals surface area contributed by atoms with E-state index in [4.69, 9.17) is 9.47 Å². The summed E-state index contributed by atoms with van der Waals surface area (Å²) in [4.78, 5) is 23.4. The Morgan fingerprint density at radius 3 is 2.81 bits per heavy atom. The smallest absolute Gasteiger partial charge is 0.418 e. The van der Waals surface area contributed by atoms with Crippen LogP contribution in [0.15, 0.2) is 18.3 Å². The van der Waals surface area contributed by atoms with Gasteiger partial charge in [-0.05, 0) is 31.0 Å². The van der Waals surface area contributed by atoms with Gasteiger partial charge < -0.3 is 9.47 Å². The van der Waals surface area contributed by atoms with Gasteiger partial charge in [-0.2, -0.15) is 0 Å². The first-order chi connectivity index (χ1) is 10.1. The summed E-state index contributed by atoms with van der Waals surface area (Å²) >= 11 is 0. The number of carbonyl (C=O) groups excluding carboxylic acids is 2. The molecule has 1 aromatic heterocycles. The maximum Gasteiger partial charge on any atom is 0.418 e. The Hall–Kier alpha value is -2.30. The Bertz CT molecular complexity index is 672. The molecule has 112 valence electrons. The number of aryl methyl sites for hydroxylation is 1. The van der Waals surface area contributed by atoms with Crippen molar-refractivity contribution in [3.8, 4) is 5.75 Å². The van der Waals surface area contributed by atoms with E-state index in [0.717, 1.165) is 24.7 Å². The largest absolute Gasteiger partial charge is 0.496 e. The van der Waals surface area contributed by atoms with Crippen molar-refractivity contribution in [2.45, 2.75) is 26.7 Å². The molecule has 0 aliphatic rings. The Labute approximate surface area is 123 Å². The van der Waals surface area contributed by atoms with Gasteiger partial charge in [-0.15, -0.1) is 0 Å². The zero-order valence-electron chi connectivity index (χ0n) is 12.5. The Morgan fingerprint density at radius 2 is 2.19 bits per heavy atom. The molecule has 0 amide bonds. The summed E-state index contributed by atoms with van der Waals surface area (Å²) in [6, 6.07) is 3.48. The van der Waals surface area contributed by atoms with Gasteiger partial charge in [0.05, 0.1) is 24.8 Å². The minimum absolute atomic E-state index is 0.394. The highest BCUT2D eigenvalue weighted by atomic mass is 16.5. The monoisotopic (exact) mass is 289 g/mol. The zero-order valence-corrected chi connectivity index (χ0v) is 12.5. The van der Waals surface area contributed by atoms with Crippen LogP contribution < -0.4 is 4.74 Å². The van der Waals surface area contributed by atoms with Crippen LogP contribution in [0, 0.1) is 6.92 Å². The predicted octanol–water partition coefficient (Wildman–Crippen LogP) is 3.56. The fourth-order valence-corrected chi connectivity index (χ4v) is 2.34. The lowest BCUT2D eigenvalue weighted by Gasteiger charge is -2.10. The van der Waals surface area contributed by atoms with E-state index in [1.165, 1.54) is 11.7 Å². The van der Waals surface area contributed by atoms with Gasteiger partial charge >= 0.3 is 6.09 Å². The van der Waals surface area contributed by atoms with Crippen LogP contribution in [0.3, 0.4) is 0 Å². The first kappa shape index (κ1) is 15.1. The molecule has 5 heteroatoms. The van der Waals surface area contributed by atoms with Crippen LogP contribution in [-0.4, -0.2) is 30.7 Å². The van der Waals surface area contributed by atoms with E-state index >= 15 is 0 Å². The molecule has 1 aromatic carbocycles.